The second-order valence-corrected chi connectivity index (χ2v) is 13.4. The van der Waals surface area contributed by atoms with Crippen LogP contribution in [0.15, 0.2) is 12.2 Å². The van der Waals surface area contributed by atoms with E-state index in [1.165, 1.54) is 0 Å². The van der Waals surface area contributed by atoms with Crippen LogP contribution in [0.1, 0.15) is 73.1 Å². The third kappa shape index (κ3) is 2.66. The lowest BCUT2D eigenvalue weighted by Crippen LogP contribution is -2.72. The van der Waals surface area contributed by atoms with Gasteiger partial charge in [-0.15, -0.1) is 0 Å². The summed E-state index contributed by atoms with van der Waals surface area (Å²) < 4.78 is 11.9. The van der Waals surface area contributed by atoms with Crippen molar-refractivity contribution < 1.29 is 34.4 Å². The van der Waals surface area contributed by atoms with E-state index in [4.69, 9.17) is 9.47 Å². The molecule has 7 nitrogen and oxygen atoms in total. The Hall–Kier alpha value is -1.28. The smallest absolute Gasteiger partial charge is 0.309 e. The molecule has 0 amide bonds. The fourth-order valence-electron chi connectivity index (χ4n) is 9.55. The van der Waals surface area contributed by atoms with Gasteiger partial charge in [-0.2, -0.15) is 0 Å². The second kappa shape index (κ2) is 6.97. The summed E-state index contributed by atoms with van der Waals surface area (Å²) >= 11 is 0. The number of hydrogen-bond donors (Lipinski definition) is 3. The Labute approximate surface area is 207 Å². The predicted octanol–water partition coefficient (Wildman–Crippen LogP) is 2.55. The van der Waals surface area contributed by atoms with Crippen LogP contribution in [0.4, 0.5) is 0 Å². The van der Waals surface area contributed by atoms with Crippen LogP contribution in [-0.4, -0.2) is 62.2 Å². The summed E-state index contributed by atoms with van der Waals surface area (Å²) in [6.07, 6.45) is 5.33. The number of ether oxygens (including phenoxy) is 2. The molecule has 3 N–H and O–H groups in total. The van der Waals surface area contributed by atoms with Gasteiger partial charge in [0.2, 0.25) is 0 Å². The standard InChI is InChI=1S/C28H40O7/c1-14-13-19(34-23(30)15(14)2)26(5,31)17-9-12-27(32)20-16(8-11-24(17,27)3)25(4)18(29)7-6-10-28(25,33)22-21(20)35-22/h6-7,14-17,19-22,31-33H,8-13H2,1-5H3. The first-order valence-electron chi connectivity index (χ1n) is 13.5. The maximum atomic E-state index is 13.3. The van der Waals surface area contributed by atoms with Crippen molar-refractivity contribution in [1.29, 1.82) is 0 Å². The number of hydrogen-bond acceptors (Lipinski definition) is 7. The fourth-order valence-corrected chi connectivity index (χ4v) is 9.55. The minimum Gasteiger partial charge on any atom is -0.459 e. The van der Waals surface area contributed by atoms with E-state index >= 15 is 0 Å². The van der Waals surface area contributed by atoms with Crippen LogP contribution in [-0.2, 0) is 19.1 Å². The van der Waals surface area contributed by atoms with Crippen molar-refractivity contribution in [2.75, 3.05) is 0 Å². The van der Waals surface area contributed by atoms with E-state index in [-0.39, 0.29) is 47.4 Å². The van der Waals surface area contributed by atoms with Gasteiger partial charge < -0.3 is 24.8 Å². The highest BCUT2D eigenvalue weighted by atomic mass is 16.6. The van der Waals surface area contributed by atoms with Crippen LogP contribution in [0.3, 0.4) is 0 Å². The monoisotopic (exact) mass is 488 g/mol. The molecule has 2 saturated heterocycles. The molecular formula is C28H40O7. The summed E-state index contributed by atoms with van der Waals surface area (Å²) in [5.41, 5.74) is -5.32. The van der Waals surface area contributed by atoms with E-state index in [1.807, 2.05) is 20.8 Å². The van der Waals surface area contributed by atoms with Crippen molar-refractivity contribution in [3.63, 3.8) is 0 Å². The first kappa shape index (κ1) is 24.1. The minimum absolute atomic E-state index is 0.0822. The van der Waals surface area contributed by atoms with Crippen LogP contribution < -0.4 is 0 Å². The molecule has 194 valence electrons. The summed E-state index contributed by atoms with van der Waals surface area (Å²) in [6, 6.07) is 0. The number of aliphatic hydroxyl groups is 3. The molecule has 13 atom stereocenters. The number of esters is 1. The zero-order valence-electron chi connectivity index (χ0n) is 21.5. The number of rotatable bonds is 2. The van der Waals surface area contributed by atoms with Crippen LogP contribution >= 0.6 is 0 Å². The van der Waals surface area contributed by atoms with Crippen molar-refractivity contribution in [3.05, 3.63) is 12.2 Å². The summed E-state index contributed by atoms with van der Waals surface area (Å²) in [5, 5.41) is 36.2. The summed E-state index contributed by atoms with van der Waals surface area (Å²) in [4.78, 5) is 25.8. The van der Waals surface area contributed by atoms with E-state index in [9.17, 15) is 24.9 Å². The number of carbonyl (C=O) groups excluding carboxylic acids is 2. The topological polar surface area (TPSA) is 117 Å². The summed E-state index contributed by atoms with van der Waals surface area (Å²) in [7, 11) is 0. The fraction of sp³-hybridized carbons (Fsp3) is 0.857. The van der Waals surface area contributed by atoms with Crippen molar-refractivity contribution >= 4 is 11.8 Å². The highest BCUT2D eigenvalue weighted by molar-refractivity contribution is 5.97. The number of cyclic esters (lactones) is 1. The van der Waals surface area contributed by atoms with E-state index in [0.29, 0.717) is 38.5 Å². The largest absolute Gasteiger partial charge is 0.459 e. The minimum atomic E-state index is -1.29. The first-order chi connectivity index (χ1) is 16.2. The van der Waals surface area contributed by atoms with Crippen molar-refractivity contribution in [2.45, 2.75) is 108 Å². The van der Waals surface area contributed by atoms with Crippen molar-refractivity contribution in [1.82, 2.24) is 0 Å². The lowest BCUT2D eigenvalue weighted by atomic mass is 9.42. The zero-order valence-corrected chi connectivity index (χ0v) is 21.5. The molecule has 0 spiro atoms. The van der Waals surface area contributed by atoms with E-state index in [1.54, 1.807) is 19.1 Å². The molecule has 6 rings (SSSR count). The van der Waals surface area contributed by atoms with Gasteiger partial charge in [0.05, 0.1) is 23.0 Å². The lowest BCUT2D eigenvalue weighted by Gasteiger charge is -2.63. The lowest BCUT2D eigenvalue weighted by molar-refractivity contribution is -0.241. The molecule has 3 saturated carbocycles. The SMILES string of the molecule is CC1CC(C(C)(O)C2CCC3(O)C4C5OC5C5(O)CC=CC(=O)C5(C)C4CCC23C)OC(=O)C1C. The first-order valence-corrected chi connectivity index (χ1v) is 13.5. The number of ketones is 1. The maximum absolute atomic E-state index is 13.3. The van der Waals surface area contributed by atoms with Gasteiger partial charge in [-0.05, 0) is 76.2 Å². The molecule has 13 unspecified atom stereocenters. The Kier molecular flexibility index (Phi) is 4.80. The van der Waals surface area contributed by atoms with Crippen molar-refractivity contribution in [2.24, 2.45) is 40.4 Å². The van der Waals surface area contributed by atoms with Crippen LogP contribution in [0.5, 0.6) is 0 Å². The third-order valence-electron chi connectivity index (χ3n) is 12.2. The average Bonchev–Trinajstić information content (AvgIpc) is 3.52. The third-order valence-corrected chi connectivity index (χ3v) is 12.2. The predicted molar refractivity (Wildman–Crippen MR) is 126 cm³/mol. The molecule has 5 fully saturated rings. The quantitative estimate of drug-likeness (QED) is 0.404. The molecule has 35 heavy (non-hydrogen) atoms. The second-order valence-electron chi connectivity index (χ2n) is 13.4. The van der Waals surface area contributed by atoms with E-state index in [0.717, 1.165) is 0 Å². The molecule has 0 aromatic carbocycles. The van der Waals surface area contributed by atoms with Gasteiger partial charge in [0.1, 0.15) is 23.4 Å². The van der Waals surface area contributed by atoms with Gasteiger partial charge in [0.15, 0.2) is 5.78 Å². The van der Waals surface area contributed by atoms with Gasteiger partial charge in [0.25, 0.3) is 0 Å². The molecule has 0 aromatic heterocycles. The molecule has 0 radical (unpaired) electrons. The van der Waals surface area contributed by atoms with Crippen LogP contribution in [0, 0.1) is 40.4 Å². The Balaban J connectivity index is 1.36. The molecular weight excluding hydrogens is 448 g/mol. The molecule has 6 aliphatic rings. The molecule has 0 aromatic rings. The normalized spacial score (nSPS) is 58.4. The van der Waals surface area contributed by atoms with E-state index < -0.39 is 39.8 Å². The number of allylic oxidation sites excluding steroid dienone is 1. The summed E-state index contributed by atoms with van der Waals surface area (Å²) in [5.74, 6) is -1.20. The number of carbonyl (C=O) groups is 2. The van der Waals surface area contributed by atoms with Gasteiger partial charge in [-0.3, -0.25) is 9.59 Å². The van der Waals surface area contributed by atoms with Gasteiger partial charge in [-0.1, -0.05) is 26.8 Å². The molecule has 2 aliphatic heterocycles. The Morgan fingerprint density at radius 1 is 1.09 bits per heavy atom. The maximum Gasteiger partial charge on any atom is 0.309 e. The Bertz CT molecular complexity index is 1010. The molecule has 7 heteroatoms. The highest BCUT2D eigenvalue weighted by Gasteiger charge is 2.81. The van der Waals surface area contributed by atoms with Crippen LogP contribution in [0.2, 0.25) is 0 Å². The highest BCUT2D eigenvalue weighted by Crippen LogP contribution is 2.73. The van der Waals surface area contributed by atoms with Crippen LogP contribution in [0.25, 0.3) is 0 Å². The number of fused-ring (bicyclic) bond motifs is 8. The number of epoxide rings is 1. The van der Waals surface area contributed by atoms with Gasteiger partial charge >= 0.3 is 5.97 Å². The zero-order chi connectivity index (χ0) is 25.3. The average molecular weight is 489 g/mol. The molecule has 4 aliphatic carbocycles. The molecule has 2 heterocycles. The van der Waals surface area contributed by atoms with Crippen molar-refractivity contribution in [3.8, 4) is 0 Å². The van der Waals surface area contributed by atoms with E-state index in [2.05, 4.69) is 6.92 Å². The Morgan fingerprint density at radius 3 is 2.49 bits per heavy atom. The summed E-state index contributed by atoms with van der Waals surface area (Å²) in [6.45, 7) is 9.60. The molecule has 0 bridgehead atoms. The van der Waals surface area contributed by atoms with Gasteiger partial charge in [-0.25, -0.2) is 0 Å². The Morgan fingerprint density at radius 2 is 1.80 bits per heavy atom. The van der Waals surface area contributed by atoms with Gasteiger partial charge in [0, 0.05) is 11.3 Å².